The molecule has 1 N–H and O–H groups in total. The van der Waals surface area contributed by atoms with E-state index in [0.717, 1.165) is 25.9 Å². The second kappa shape index (κ2) is 5.32. The van der Waals surface area contributed by atoms with Crippen molar-refractivity contribution in [2.45, 2.75) is 50.6 Å². The van der Waals surface area contributed by atoms with Gasteiger partial charge in [-0.25, -0.2) is 8.78 Å². The second-order valence-corrected chi connectivity index (χ2v) is 6.29. The van der Waals surface area contributed by atoms with Gasteiger partial charge < -0.3 is 10.2 Å². The van der Waals surface area contributed by atoms with E-state index >= 15 is 0 Å². The molecule has 4 heteroatoms. The van der Waals surface area contributed by atoms with Crippen LogP contribution in [0, 0.1) is 11.6 Å². The first kappa shape index (κ1) is 13.8. The van der Waals surface area contributed by atoms with Gasteiger partial charge >= 0.3 is 0 Å². The molecule has 0 aromatic heterocycles. The average Bonchev–Trinajstić information content (AvgIpc) is 2.46. The molecule has 0 amide bonds. The lowest BCUT2D eigenvalue weighted by Crippen LogP contribution is -2.64. The Hall–Kier alpha value is -1.16. The van der Waals surface area contributed by atoms with Crippen LogP contribution in [-0.4, -0.2) is 24.7 Å². The summed E-state index contributed by atoms with van der Waals surface area (Å²) in [7, 11) is 0. The van der Waals surface area contributed by atoms with Gasteiger partial charge in [-0.15, -0.1) is 0 Å². The summed E-state index contributed by atoms with van der Waals surface area (Å²) < 4.78 is 27.5. The molecule has 110 valence electrons. The molecule has 0 radical (unpaired) electrons. The zero-order chi connectivity index (χ0) is 14.2. The Bertz CT molecular complexity index is 483. The Morgan fingerprint density at radius 1 is 1.20 bits per heavy atom. The van der Waals surface area contributed by atoms with E-state index in [1.807, 2.05) is 4.90 Å². The Balaban J connectivity index is 1.88. The third-order valence-electron chi connectivity index (χ3n) is 4.81. The number of rotatable bonds is 1. The number of nitrogens with one attached hydrogen (secondary N) is 1. The molecule has 1 aliphatic carbocycles. The van der Waals surface area contributed by atoms with Crippen LogP contribution in [0.15, 0.2) is 18.2 Å². The third-order valence-corrected chi connectivity index (χ3v) is 4.81. The molecule has 1 heterocycles. The fourth-order valence-corrected chi connectivity index (χ4v) is 3.60. The minimum Gasteiger partial charge on any atom is -0.363 e. The molecule has 1 atom stereocenters. The lowest BCUT2D eigenvalue weighted by atomic mass is 9.79. The molecule has 20 heavy (non-hydrogen) atoms. The topological polar surface area (TPSA) is 15.3 Å². The van der Waals surface area contributed by atoms with E-state index in [4.69, 9.17) is 0 Å². The lowest BCUT2D eigenvalue weighted by Gasteiger charge is -2.50. The number of halogens is 2. The third kappa shape index (κ3) is 2.53. The van der Waals surface area contributed by atoms with E-state index in [9.17, 15) is 8.78 Å². The monoisotopic (exact) mass is 280 g/mol. The normalized spacial score (nSPS) is 25.9. The summed E-state index contributed by atoms with van der Waals surface area (Å²) in [5.74, 6) is -0.698. The largest absolute Gasteiger partial charge is 0.363 e. The number of anilines is 1. The van der Waals surface area contributed by atoms with Crippen molar-refractivity contribution in [2.24, 2.45) is 0 Å². The summed E-state index contributed by atoms with van der Waals surface area (Å²) in [4.78, 5) is 2.04. The Morgan fingerprint density at radius 2 is 1.95 bits per heavy atom. The number of nitrogens with zero attached hydrogens (tertiary/aromatic N) is 1. The van der Waals surface area contributed by atoms with Gasteiger partial charge in [0.25, 0.3) is 0 Å². The first-order valence-corrected chi connectivity index (χ1v) is 7.56. The van der Waals surface area contributed by atoms with Gasteiger partial charge in [-0.1, -0.05) is 19.3 Å². The predicted octanol–water partition coefficient (Wildman–Crippen LogP) is 3.47. The van der Waals surface area contributed by atoms with Crippen molar-refractivity contribution in [2.75, 3.05) is 18.0 Å². The van der Waals surface area contributed by atoms with Crippen molar-refractivity contribution >= 4 is 5.69 Å². The molecule has 1 aliphatic heterocycles. The molecule has 1 saturated heterocycles. The Kier molecular flexibility index (Phi) is 3.67. The minimum atomic E-state index is -0.371. The molecule has 0 bridgehead atoms. The lowest BCUT2D eigenvalue weighted by molar-refractivity contribution is 0.200. The molecular formula is C16H22F2N2. The van der Waals surface area contributed by atoms with Crippen LogP contribution >= 0.6 is 0 Å². The standard InChI is InChI=1S/C16H22F2N2/c1-12-10-19-16(7-3-2-4-8-16)11-20(12)15-9-13(17)5-6-14(15)18/h5-6,9,12,19H,2-4,7-8,10-11H2,1H3. The van der Waals surface area contributed by atoms with Crippen molar-refractivity contribution < 1.29 is 8.78 Å². The maximum Gasteiger partial charge on any atom is 0.146 e. The van der Waals surface area contributed by atoms with Gasteiger partial charge in [0.15, 0.2) is 0 Å². The van der Waals surface area contributed by atoms with Crippen LogP contribution in [0.2, 0.25) is 0 Å². The van der Waals surface area contributed by atoms with Crippen molar-refractivity contribution in [1.29, 1.82) is 0 Å². The van der Waals surface area contributed by atoms with Crippen LogP contribution in [0.3, 0.4) is 0 Å². The fraction of sp³-hybridized carbons (Fsp3) is 0.625. The maximum atomic E-state index is 14.1. The molecule has 2 fully saturated rings. The quantitative estimate of drug-likeness (QED) is 0.847. The van der Waals surface area contributed by atoms with Crippen molar-refractivity contribution in [3.8, 4) is 0 Å². The number of piperazine rings is 1. The summed E-state index contributed by atoms with van der Waals surface area (Å²) in [6.07, 6.45) is 6.00. The van der Waals surface area contributed by atoms with Crippen molar-refractivity contribution in [3.05, 3.63) is 29.8 Å². The van der Waals surface area contributed by atoms with Gasteiger partial charge in [0.2, 0.25) is 0 Å². The molecule has 1 aromatic carbocycles. The van der Waals surface area contributed by atoms with E-state index < -0.39 is 0 Å². The number of hydrogen-bond acceptors (Lipinski definition) is 2. The zero-order valence-corrected chi connectivity index (χ0v) is 12.0. The molecule has 1 aromatic rings. The zero-order valence-electron chi connectivity index (χ0n) is 12.0. The first-order chi connectivity index (χ1) is 9.60. The van der Waals surface area contributed by atoms with E-state index in [2.05, 4.69) is 12.2 Å². The number of hydrogen-bond donors (Lipinski definition) is 1. The van der Waals surface area contributed by atoms with Gasteiger partial charge in [-0.05, 0) is 31.9 Å². The van der Waals surface area contributed by atoms with Crippen molar-refractivity contribution in [3.63, 3.8) is 0 Å². The van der Waals surface area contributed by atoms with E-state index in [0.29, 0.717) is 5.69 Å². The van der Waals surface area contributed by atoms with E-state index in [1.165, 1.54) is 37.5 Å². The van der Waals surface area contributed by atoms with Crippen LogP contribution in [0.4, 0.5) is 14.5 Å². The summed E-state index contributed by atoms with van der Waals surface area (Å²) >= 11 is 0. The Morgan fingerprint density at radius 3 is 2.70 bits per heavy atom. The summed E-state index contributed by atoms with van der Waals surface area (Å²) in [6, 6.07) is 3.92. The second-order valence-electron chi connectivity index (χ2n) is 6.29. The number of benzene rings is 1. The minimum absolute atomic E-state index is 0.0868. The average molecular weight is 280 g/mol. The van der Waals surface area contributed by atoms with Gasteiger partial charge in [0.05, 0.1) is 5.69 Å². The van der Waals surface area contributed by atoms with E-state index in [-0.39, 0.29) is 23.2 Å². The van der Waals surface area contributed by atoms with Gasteiger partial charge in [0, 0.05) is 30.7 Å². The summed E-state index contributed by atoms with van der Waals surface area (Å²) in [5.41, 5.74) is 0.493. The highest BCUT2D eigenvalue weighted by molar-refractivity contribution is 5.50. The van der Waals surface area contributed by atoms with Crippen LogP contribution in [0.5, 0.6) is 0 Å². The molecule has 3 rings (SSSR count). The molecule has 2 aliphatic rings. The summed E-state index contributed by atoms with van der Waals surface area (Å²) in [5, 5.41) is 3.66. The molecule has 1 unspecified atom stereocenters. The highest BCUT2D eigenvalue weighted by Gasteiger charge is 2.39. The van der Waals surface area contributed by atoms with E-state index in [1.54, 1.807) is 0 Å². The van der Waals surface area contributed by atoms with Gasteiger partial charge in [0.1, 0.15) is 11.6 Å². The van der Waals surface area contributed by atoms with Crippen LogP contribution in [0.1, 0.15) is 39.0 Å². The van der Waals surface area contributed by atoms with Crippen LogP contribution in [0.25, 0.3) is 0 Å². The Labute approximate surface area is 119 Å². The predicted molar refractivity (Wildman–Crippen MR) is 77.0 cm³/mol. The summed E-state index contributed by atoms with van der Waals surface area (Å²) in [6.45, 7) is 3.66. The maximum absolute atomic E-state index is 14.1. The molecule has 1 spiro atoms. The SMILES string of the molecule is CC1CNC2(CCCCC2)CN1c1cc(F)ccc1F. The molecular weight excluding hydrogens is 258 g/mol. The highest BCUT2D eigenvalue weighted by Crippen LogP contribution is 2.34. The van der Waals surface area contributed by atoms with Crippen LogP contribution in [-0.2, 0) is 0 Å². The van der Waals surface area contributed by atoms with Gasteiger partial charge in [-0.2, -0.15) is 0 Å². The van der Waals surface area contributed by atoms with Gasteiger partial charge in [-0.3, -0.25) is 0 Å². The fourth-order valence-electron chi connectivity index (χ4n) is 3.60. The van der Waals surface area contributed by atoms with Crippen molar-refractivity contribution in [1.82, 2.24) is 5.32 Å². The smallest absolute Gasteiger partial charge is 0.146 e. The van der Waals surface area contributed by atoms with Crippen LogP contribution < -0.4 is 10.2 Å². The molecule has 2 nitrogen and oxygen atoms in total. The molecule has 1 saturated carbocycles. The highest BCUT2D eigenvalue weighted by atomic mass is 19.1. The first-order valence-electron chi connectivity index (χ1n) is 7.56.